The average Bonchev–Trinajstić information content (AvgIpc) is 2.69. The van der Waals surface area contributed by atoms with Crippen LogP contribution >= 0.6 is 0 Å². The summed E-state index contributed by atoms with van der Waals surface area (Å²) >= 11 is 0. The molecule has 3 atom stereocenters. The van der Waals surface area contributed by atoms with E-state index in [1.54, 1.807) is 12.4 Å². The van der Waals surface area contributed by atoms with Crippen molar-refractivity contribution in [2.75, 3.05) is 0 Å². The number of pyridine rings is 1. The molecule has 1 saturated heterocycles. The van der Waals surface area contributed by atoms with Crippen LogP contribution in [0.25, 0.3) is 0 Å². The standard InChI is InChI=1S/C12H17N3O2/c1-8-12(9-4-6-13-7-5-9)10(15-14-8)2-3-11(16)17/h4-8,10,12,14-15H,2-3H2,1H3,(H,16,17). The molecule has 0 amide bonds. The maximum atomic E-state index is 10.6. The van der Waals surface area contributed by atoms with Crippen LogP contribution in [0.4, 0.5) is 0 Å². The lowest BCUT2D eigenvalue weighted by Crippen LogP contribution is -2.32. The van der Waals surface area contributed by atoms with Gasteiger partial charge in [-0.25, -0.2) is 0 Å². The number of nitrogens with one attached hydrogen (secondary N) is 2. The van der Waals surface area contributed by atoms with Crippen LogP contribution in [0.5, 0.6) is 0 Å². The van der Waals surface area contributed by atoms with Crippen LogP contribution in [0.15, 0.2) is 24.5 Å². The van der Waals surface area contributed by atoms with E-state index in [9.17, 15) is 4.79 Å². The van der Waals surface area contributed by atoms with Crippen molar-refractivity contribution in [1.29, 1.82) is 0 Å². The van der Waals surface area contributed by atoms with E-state index < -0.39 is 5.97 Å². The highest BCUT2D eigenvalue weighted by Gasteiger charge is 2.33. The average molecular weight is 235 g/mol. The Balaban J connectivity index is 2.09. The molecule has 92 valence electrons. The van der Waals surface area contributed by atoms with Gasteiger partial charge in [-0.2, -0.15) is 0 Å². The van der Waals surface area contributed by atoms with Crippen molar-refractivity contribution in [2.45, 2.75) is 37.8 Å². The van der Waals surface area contributed by atoms with Gasteiger partial charge in [0.25, 0.3) is 0 Å². The summed E-state index contributed by atoms with van der Waals surface area (Å²) in [7, 11) is 0. The Morgan fingerprint density at radius 1 is 1.41 bits per heavy atom. The van der Waals surface area contributed by atoms with E-state index in [2.05, 4.69) is 22.8 Å². The first-order valence-corrected chi connectivity index (χ1v) is 5.81. The van der Waals surface area contributed by atoms with Gasteiger partial charge in [0.15, 0.2) is 0 Å². The third kappa shape index (κ3) is 2.81. The third-order valence-corrected chi connectivity index (χ3v) is 3.23. The minimum atomic E-state index is -0.750. The summed E-state index contributed by atoms with van der Waals surface area (Å²) in [5, 5.41) is 8.74. The van der Waals surface area contributed by atoms with Crippen molar-refractivity contribution >= 4 is 5.97 Å². The second kappa shape index (κ2) is 5.25. The van der Waals surface area contributed by atoms with Gasteiger partial charge in [0.05, 0.1) is 0 Å². The molecule has 1 aromatic rings. The lowest BCUT2D eigenvalue weighted by Gasteiger charge is -2.20. The molecule has 1 fully saturated rings. The number of carbonyl (C=O) groups is 1. The number of rotatable bonds is 4. The van der Waals surface area contributed by atoms with Crippen LogP contribution in [-0.4, -0.2) is 28.1 Å². The predicted molar refractivity (Wildman–Crippen MR) is 63.4 cm³/mol. The van der Waals surface area contributed by atoms with E-state index in [1.165, 1.54) is 5.56 Å². The summed E-state index contributed by atoms with van der Waals surface area (Å²) in [6.45, 7) is 2.10. The Bertz CT molecular complexity index is 383. The van der Waals surface area contributed by atoms with E-state index in [0.717, 1.165) is 0 Å². The molecule has 1 aromatic heterocycles. The molecule has 0 saturated carbocycles. The molecule has 3 N–H and O–H groups in total. The molecular weight excluding hydrogens is 218 g/mol. The van der Waals surface area contributed by atoms with Gasteiger partial charge in [-0.3, -0.25) is 20.6 Å². The normalized spacial score (nSPS) is 28.2. The summed E-state index contributed by atoms with van der Waals surface area (Å²) in [6, 6.07) is 4.42. The Morgan fingerprint density at radius 3 is 2.76 bits per heavy atom. The van der Waals surface area contributed by atoms with Crippen molar-refractivity contribution in [2.24, 2.45) is 0 Å². The monoisotopic (exact) mass is 235 g/mol. The molecule has 0 aliphatic carbocycles. The van der Waals surface area contributed by atoms with Crippen LogP contribution in [0, 0.1) is 0 Å². The van der Waals surface area contributed by atoms with Gasteiger partial charge in [-0.05, 0) is 31.0 Å². The maximum Gasteiger partial charge on any atom is 0.303 e. The summed E-state index contributed by atoms with van der Waals surface area (Å²) in [4.78, 5) is 14.6. The number of nitrogens with zero attached hydrogens (tertiary/aromatic N) is 1. The minimum absolute atomic E-state index is 0.156. The first-order valence-electron chi connectivity index (χ1n) is 5.81. The maximum absolute atomic E-state index is 10.6. The number of carboxylic acids is 1. The van der Waals surface area contributed by atoms with E-state index in [4.69, 9.17) is 5.11 Å². The van der Waals surface area contributed by atoms with Crippen LogP contribution in [-0.2, 0) is 4.79 Å². The SMILES string of the molecule is CC1NNC(CCC(=O)O)C1c1ccncc1. The van der Waals surface area contributed by atoms with Crippen molar-refractivity contribution in [3.8, 4) is 0 Å². The fraction of sp³-hybridized carbons (Fsp3) is 0.500. The summed E-state index contributed by atoms with van der Waals surface area (Å²) in [5.74, 6) is -0.461. The molecule has 0 bridgehead atoms. The van der Waals surface area contributed by atoms with E-state index in [-0.39, 0.29) is 24.4 Å². The molecule has 5 nitrogen and oxygen atoms in total. The van der Waals surface area contributed by atoms with Gasteiger partial charge >= 0.3 is 5.97 Å². The predicted octanol–water partition coefficient (Wildman–Crippen LogP) is 0.895. The first-order chi connectivity index (χ1) is 8.18. The third-order valence-electron chi connectivity index (χ3n) is 3.23. The van der Waals surface area contributed by atoms with Crippen molar-refractivity contribution in [3.05, 3.63) is 30.1 Å². The molecule has 3 unspecified atom stereocenters. The number of aromatic nitrogens is 1. The first kappa shape index (κ1) is 12.0. The molecule has 1 aliphatic rings. The Hall–Kier alpha value is -1.46. The van der Waals surface area contributed by atoms with Gasteiger partial charge in [-0.15, -0.1) is 0 Å². The molecule has 1 aliphatic heterocycles. The van der Waals surface area contributed by atoms with Gasteiger partial charge in [-0.1, -0.05) is 0 Å². The van der Waals surface area contributed by atoms with Gasteiger partial charge in [0, 0.05) is 36.8 Å². The zero-order valence-electron chi connectivity index (χ0n) is 9.76. The molecule has 0 aromatic carbocycles. The number of carboxylic acid groups (broad SMARTS) is 1. The van der Waals surface area contributed by atoms with Crippen LogP contribution in [0.2, 0.25) is 0 Å². The fourth-order valence-electron chi connectivity index (χ4n) is 2.40. The summed E-state index contributed by atoms with van der Waals surface area (Å²) < 4.78 is 0. The number of hydrogen-bond donors (Lipinski definition) is 3. The minimum Gasteiger partial charge on any atom is -0.481 e. The zero-order chi connectivity index (χ0) is 12.3. The van der Waals surface area contributed by atoms with Crippen molar-refractivity contribution < 1.29 is 9.90 Å². The highest BCUT2D eigenvalue weighted by atomic mass is 16.4. The summed E-state index contributed by atoms with van der Waals surface area (Å²) in [6.07, 6.45) is 4.36. The number of hydrogen-bond acceptors (Lipinski definition) is 4. The largest absolute Gasteiger partial charge is 0.481 e. The van der Waals surface area contributed by atoms with E-state index in [0.29, 0.717) is 6.42 Å². The fourth-order valence-corrected chi connectivity index (χ4v) is 2.40. The van der Waals surface area contributed by atoms with Crippen LogP contribution in [0.1, 0.15) is 31.2 Å². The Labute approximate surface area is 100 Å². The van der Waals surface area contributed by atoms with Gasteiger partial charge in [0.2, 0.25) is 0 Å². The van der Waals surface area contributed by atoms with Crippen molar-refractivity contribution in [1.82, 2.24) is 15.8 Å². The topological polar surface area (TPSA) is 74.2 Å². The lowest BCUT2D eigenvalue weighted by atomic mass is 9.86. The Kier molecular flexibility index (Phi) is 3.71. The zero-order valence-corrected chi connectivity index (χ0v) is 9.76. The second-order valence-corrected chi connectivity index (χ2v) is 4.42. The number of aliphatic carboxylic acids is 1. The van der Waals surface area contributed by atoms with Crippen LogP contribution < -0.4 is 10.9 Å². The highest BCUT2D eigenvalue weighted by Crippen LogP contribution is 2.28. The molecule has 17 heavy (non-hydrogen) atoms. The van der Waals surface area contributed by atoms with Crippen molar-refractivity contribution in [3.63, 3.8) is 0 Å². The Morgan fingerprint density at radius 2 is 2.12 bits per heavy atom. The smallest absolute Gasteiger partial charge is 0.303 e. The molecular formula is C12H17N3O2. The second-order valence-electron chi connectivity index (χ2n) is 4.42. The highest BCUT2D eigenvalue weighted by molar-refractivity contribution is 5.66. The van der Waals surface area contributed by atoms with Gasteiger partial charge < -0.3 is 5.11 Å². The van der Waals surface area contributed by atoms with Gasteiger partial charge in [0.1, 0.15) is 0 Å². The lowest BCUT2D eigenvalue weighted by molar-refractivity contribution is -0.137. The summed E-state index contributed by atoms with van der Waals surface area (Å²) in [5.41, 5.74) is 7.55. The molecule has 0 radical (unpaired) electrons. The molecule has 2 heterocycles. The molecule has 5 heteroatoms. The molecule has 2 rings (SSSR count). The number of hydrazine groups is 1. The van der Waals surface area contributed by atoms with Crippen LogP contribution in [0.3, 0.4) is 0 Å². The van der Waals surface area contributed by atoms with E-state index >= 15 is 0 Å². The quantitative estimate of drug-likeness (QED) is 0.723. The molecule has 0 spiro atoms. The van der Waals surface area contributed by atoms with E-state index in [1.807, 2.05) is 12.1 Å².